The van der Waals surface area contributed by atoms with E-state index in [4.69, 9.17) is 14.5 Å². The minimum atomic E-state index is 0.461. The van der Waals surface area contributed by atoms with E-state index in [2.05, 4.69) is 28.8 Å². The van der Waals surface area contributed by atoms with Gasteiger partial charge in [0, 0.05) is 22.9 Å². The Morgan fingerprint density at radius 3 is 2.44 bits per heavy atom. The standard InChI is InChI=1S/C20H23N3O2/c1-24-18-11-15-17(12-19(18)25-2)23-16-6-4-3-5-14(16)20(15)22-13-7-9-21-10-8-13/h3-6,11-13,21H,7-10H2,1-2H3,(H,22,23). The predicted octanol–water partition coefficient (Wildman–Crippen LogP) is 3.57. The van der Waals surface area contributed by atoms with Gasteiger partial charge in [-0.2, -0.15) is 0 Å². The zero-order chi connectivity index (χ0) is 17.2. The summed E-state index contributed by atoms with van der Waals surface area (Å²) in [6.07, 6.45) is 2.23. The number of hydrogen-bond donors (Lipinski definition) is 2. The van der Waals surface area contributed by atoms with Crippen LogP contribution in [0.15, 0.2) is 36.4 Å². The van der Waals surface area contributed by atoms with Crippen molar-refractivity contribution in [3.05, 3.63) is 36.4 Å². The fourth-order valence-electron chi connectivity index (χ4n) is 3.54. The topological polar surface area (TPSA) is 55.4 Å². The molecule has 1 aliphatic heterocycles. The van der Waals surface area contributed by atoms with Crippen LogP contribution in [0.25, 0.3) is 21.8 Å². The number of para-hydroxylation sites is 1. The maximum atomic E-state index is 5.51. The molecule has 4 rings (SSSR count). The van der Waals surface area contributed by atoms with Crippen molar-refractivity contribution in [3.63, 3.8) is 0 Å². The number of rotatable bonds is 4. The van der Waals surface area contributed by atoms with Crippen LogP contribution in [0.1, 0.15) is 12.8 Å². The van der Waals surface area contributed by atoms with Gasteiger partial charge in [0.05, 0.1) is 30.9 Å². The van der Waals surface area contributed by atoms with Gasteiger partial charge in [-0.25, -0.2) is 4.98 Å². The molecule has 25 heavy (non-hydrogen) atoms. The van der Waals surface area contributed by atoms with E-state index >= 15 is 0 Å². The zero-order valence-corrected chi connectivity index (χ0v) is 14.6. The van der Waals surface area contributed by atoms with Gasteiger partial charge in [-0.15, -0.1) is 0 Å². The van der Waals surface area contributed by atoms with E-state index in [1.54, 1.807) is 14.2 Å². The molecular formula is C20H23N3O2. The highest BCUT2D eigenvalue weighted by molar-refractivity contribution is 6.08. The highest BCUT2D eigenvalue weighted by Gasteiger charge is 2.18. The molecule has 3 aromatic rings. The van der Waals surface area contributed by atoms with Crippen molar-refractivity contribution >= 4 is 27.5 Å². The summed E-state index contributed by atoms with van der Waals surface area (Å²) in [5.74, 6) is 1.42. The predicted molar refractivity (Wildman–Crippen MR) is 102 cm³/mol. The average molecular weight is 337 g/mol. The van der Waals surface area contributed by atoms with E-state index in [0.29, 0.717) is 11.8 Å². The molecule has 0 unspecified atom stereocenters. The molecule has 5 heteroatoms. The zero-order valence-electron chi connectivity index (χ0n) is 14.6. The lowest BCUT2D eigenvalue weighted by atomic mass is 10.0. The molecule has 1 aromatic heterocycles. The quantitative estimate of drug-likeness (QED) is 0.713. The largest absolute Gasteiger partial charge is 0.493 e. The van der Waals surface area contributed by atoms with E-state index in [9.17, 15) is 0 Å². The fraction of sp³-hybridized carbons (Fsp3) is 0.350. The fourth-order valence-corrected chi connectivity index (χ4v) is 3.54. The first-order valence-corrected chi connectivity index (χ1v) is 8.72. The third-order valence-electron chi connectivity index (χ3n) is 4.87. The van der Waals surface area contributed by atoms with Crippen molar-refractivity contribution in [2.24, 2.45) is 0 Å². The summed E-state index contributed by atoms with van der Waals surface area (Å²) in [5.41, 5.74) is 3.03. The summed E-state index contributed by atoms with van der Waals surface area (Å²) >= 11 is 0. The molecule has 0 amide bonds. The molecule has 5 nitrogen and oxygen atoms in total. The summed E-state index contributed by atoms with van der Waals surface area (Å²) in [5, 5.41) is 9.40. The van der Waals surface area contributed by atoms with E-state index in [1.807, 2.05) is 18.2 Å². The molecule has 1 aliphatic rings. The van der Waals surface area contributed by atoms with Gasteiger partial charge < -0.3 is 20.1 Å². The first-order chi connectivity index (χ1) is 12.3. The SMILES string of the molecule is COc1cc2nc3ccccc3c(NC3CCNCC3)c2cc1OC. The van der Waals surface area contributed by atoms with Crippen molar-refractivity contribution in [3.8, 4) is 11.5 Å². The molecule has 1 saturated heterocycles. The number of nitrogens with zero attached hydrogens (tertiary/aromatic N) is 1. The number of nitrogens with one attached hydrogen (secondary N) is 2. The van der Waals surface area contributed by atoms with Crippen LogP contribution >= 0.6 is 0 Å². The lowest BCUT2D eigenvalue weighted by molar-refractivity contribution is 0.356. The molecule has 0 bridgehead atoms. The highest BCUT2D eigenvalue weighted by Crippen LogP contribution is 2.38. The molecule has 2 N–H and O–H groups in total. The average Bonchev–Trinajstić information content (AvgIpc) is 2.67. The summed E-state index contributed by atoms with van der Waals surface area (Å²) < 4.78 is 11.0. The number of pyridine rings is 1. The molecule has 130 valence electrons. The second-order valence-electron chi connectivity index (χ2n) is 6.40. The minimum absolute atomic E-state index is 0.461. The number of benzene rings is 2. The van der Waals surface area contributed by atoms with E-state index < -0.39 is 0 Å². The van der Waals surface area contributed by atoms with E-state index in [1.165, 1.54) is 0 Å². The van der Waals surface area contributed by atoms with Crippen LogP contribution in [0, 0.1) is 0 Å². The Bertz CT molecular complexity index is 904. The molecule has 1 fully saturated rings. The molecule has 0 atom stereocenters. The van der Waals surface area contributed by atoms with Crippen LogP contribution in [0.3, 0.4) is 0 Å². The van der Waals surface area contributed by atoms with Crippen molar-refractivity contribution in [2.45, 2.75) is 18.9 Å². The lowest BCUT2D eigenvalue weighted by Gasteiger charge is -2.26. The van der Waals surface area contributed by atoms with Crippen LogP contribution in [-0.4, -0.2) is 38.3 Å². The van der Waals surface area contributed by atoms with Gasteiger partial charge in [0.1, 0.15) is 0 Å². The first-order valence-electron chi connectivity index (χ1n) is 8.72. The minimum Gasteiger partial charge on any atom is -0.493 e. The third kappa shape index (κ3) is 2.96. The Labute approximate surface area is 147 Å². The second-order valence-corrected chi connectivity index (χ2v) is 6.40. The van der Waals surface area contributed by atoms with Crippen LogP contribution in [-0.2, 0) is 0 Å². The van der Waals surface area contributed by atoms with Gasteiger partial charge in [0.15, 0.2) is 11.5 Å². The summed E-state index contributed by atoms with van der Waals surface area (Å²) in [6, 6.07) is 12.7. The number of fused-ring (bicyclic) bond motifs is 2. The monoisotopic (exact) mass is 337 g/mol. The van der Waals surface area contributed by atoms with Gasteiger partial charge >= 0.3 is 0 Å². The molecule has 0 saturated carbocycles. The van der Waals surface area contributed by atoms with Crippen molar-refractivity contribution < 1.29 is 9.47 Å². The van der Waals surface area contributed by atoms with Gasteiger partial charge in [-0.3, -0.25) is 0 Å². The molecule has 0 aliphatic carbocycles. The van der Waals surface area contributed by atoms with Crippen molar-refractivity contribution in [1.29, 1.82) is 0 Å². The Morgan fingerprint density at radius 1 is 0.960 bits per heavy atom. The van der Waals surface area contributed by atoms with Crippen LogP contribution in [0.4, 0.5) is 5.69 Å². The molecule has 2 aromatic carbocycles. The smallest absolute Gasteiger partial charge is 0.162 e. The Kier molecular flexibility index (Phi) is 4.32. The molecule has 0 spiro atoms. The summed E-state index contributed by atoms with van der Waals surface area (Å²) in [6.45, 7) is 2.10. The van der Waals surface area contributed by atoms with E-state index in [0.717, 1.165) is 59.2 Å². The Hall–Kier alpha value is -2.53. The Morgan fingerprint density at radius 2 is 1.68 bits per heavy atom. The number of piperidine rings is 1. The number of anilines is 1. The van der Waals surface area contributed by atoms with E-state index in [-0.39, 0.29) is 0 Å². The third-order valence-corrected chi connectivity index (χ3v) is 4.87. The van der Waals surface area contributed by atoms with Crippen LogP contribution in [0.2, 0.25) is 0 Å². The summed E-state index contributed by atoms with van der Waals surface area (Å²) in [4.78, 5) is 4.83. The van der Waals surface area contributed by atoms with Crippen LogP contribution in [0.5, 0.6) is 11.5 Å². The summed E-state index contributed by atoms with van der Waals surface area (Å²) in [7, 11) is 3.32. The number of hydrogen-bond acceptors (Lipinski definition) is 5. The second kappa shape index (κ2) is 6.76. The lowest BCUT2D eigenvalue weighted by Crippen LogP contribution is -2.35. The number of methoxy groups -OCH3 is 2. The first kappa shape index (κ1) is 16.0. The van der Waals surface area contributed by atoms with Crippen LogP contribution < -0.4 is 20.1 Å². The van der Waals surface area contributed by atoms with Gasteiger partial charge in [-0.05, 0) is 38.1 Å². The van der Waals surface area contributed by atoms with Gasteiger partial charge in [0.2, 0.25) is 0 Å². The molecular weight excluding hydrogens is 314 g/mol. The number of ether oxygens (including phenoxy) is 2. The van der Waals surface area contributed by atoms with Crippen molar-refractivity contribution in [1.82, 2.24) is 10.3 Å². The molecule has 0 radical (unpaired) electrons. The highest BCUT2D eigenvalue weighted by atomic mass is 16.5. The maximum absolute atomic E-state index is 5.51. The number of aromatic nitrogens is 1. The molecule has 2 heterocycles. The Balaban J connectivity index is 1.93. The van der Waals surface area contributed by atoms with Gasteiger partial charge in [-0.1, -0.05) is 18.2 Å². The maximum Gasteiger partial charge on any atom is 0.162 e. The normalized spacial score (nSPS) is 15.4. The van der Waals surface area contributed by atoms with Gasteiger partial charge in [0.25, 0.3) is 0 Å². The van der Waals surface area contributed by atoms with Crippen molar-refractivity contribution in [2.75, 3.05) is 32.6 Å².